The number of phenolic OH excluding ortho intramolecular Hbond substituents is 1. The molecule has 0 aliphatic heterocycles. The summed E-state index contributed by atoms with van der Waals surface area (Å²) < 4.78 is 0. The molecule has 1 aromatic rings. The number of aryl methyl sites for hydroxylation is 1. The van der Waals surface area contributed by atoms with E-state index in [2.05, 4.69) is 13.0 Å². The fraction of sp³-hybridized carbons (Fsp3) is 0.609. The van der Waals surface area contributed by atoms with Gasteiger partial charge in [0.25, 0.3) is 0 Å². The van der Waals surface area contributed by atoms with Crippen LogP contribution in [0.3, 0.4) is 0 Å². The number of aliphatic carboxylic acids is 2. The van der Waals surface area contributed by atoms with Gasteiger partial charge in [-0.1, -0.05) is 13.0 Å². The predicted octanol–water partition coefficient (Wildman–Crippen LogP) is 4.14. The van der Waals surface area contributed by atoms with Gasteiger partial charge in [0, 0.05) is 24.7 Å². The van der Waals surface area contributed by atoms with Crippen molar-refractivity contribution in [3.05, 3.63) is 29.3 Å². The SMILES string of the molecule is C[C@]12CC[C@@H]3c4ccc(O)cc4CC[C@H]3[C@@H]1CCC2=O.O=C(O)CCCC(=O)O. The molecule has 3 aliphatic rings. The van der Waals surface area contributed by atoms with Crippen molar-refractivity contribution < 1.29 is 29.7 Å². The standard InChI is InChI=1S/C18H22O2.C5H8O4/c1-18-9-8-14-13-5-3-12(19)10-11(13)2-4-15(14)16(18)6-7-17(18)20;6-4(7)2-1-3-5(8)9/h3,5,10,14-16,19H,2,4,6-9H2,1H3;1-3H2,(H,6,7)(H,8,9)/t14-,15-,16+,18+;/m1./s1. The van der Waals surface area contributed by atoms with Crippen molar-refractivity contribution in [3.63, 3.8) is 0 Å². The molecule has 0 unspecified atom stereocenters. The van der Waals surface area contributed by atoms with Crippen molar-refractivity contribution in [1.29, 1.82) is 0 Å². The fourth-order valence-electron chi connectivity index (χ4n) is 5.73. The molecule has 0 spiro atoms. The molecule has 0 aromatic heterocycles. The third-order valence-electron chi connectivity index (χ3n) is 7.20. The Morgan fingerprint density at radius 2 is 1.76 bits per heavy atom. The number of carboxylic acid groups (broad SMARTS) is 2. The van der Waals surface area contributed by atoms with Crippen LogP contribution >= 0.6 is 0 Å². The van der Waals surface area contributed by atoms with E-state index in [-0.39, 0.29) is 24.7 Å². The highest BCUT2D eigenvalue weighted by Gasteiger charge is 2.54. The van der Waals surface area contributed by atoms with Gasteiger partial charge in [0.1, 0.15) is 11.5 Å². The molecule has 0 radical (unpaired) electrons. The number of benzene rings is 1. The van der Waals surface area contributed by atoms with Gasteiger partial charge in [0.2, 0.25) is 0 Å². The summed E-state index contributed by atoms with van der Waals surface area (Å²) in [5.74, 6) is 0.889. The van der Waals surface area contributed by atoms with Gasteiger partial charge in [-0.25, -0.2) is 0 Å². The Morgan fingerprint density at radius 1 is 1.07 bits per heavy atom. The number of phenols is 1. The minimum absolute atomic E-state index is 0.0322. The molecule has 0 bridgehead atoms. The highest BCUT2D eigenvalue weighted by molar-refractivity contribution is 5.87. The lowest BCUT2D eigenvalue weighted by Gasteiger charge is -2.48. The van der Waals surface area contributed by atoms with Crippen molar-refractivity contribution in [3.8, 4) is 5.75 Å². The molecule has 6 heteroatoms. The molecule has 4 rings (SSSR count). The number of hydrogen-bond acceptors (Lipinski definition) is 4. The Bertz CT molecular complexity index is 787. The number of carbonyl (C=O) groups is 3. The van der Waals surface area contributed by atoms with Crippen LogP contribution in [0.15, 0.2) is 18.2 Å². The number of carbonyl (C=O) groups excluding carboxylic acids is 1. The molecule has 0 amide bonds. The maximum Gasteiger partial charge on any atom is 0.303 e. The van der Waals surface area contributed by atoms with Crippen LogP contribution in [0.4, 0.5) is 0 Å². The molecule has 0 saturated heterocycles. The minimum atomic E-state index is -0.948. The zero-order valence-electron chi connectivity index (χ0n) is 16.9. The highest BCUT2D eigenvalue weighted by atomic mass is 16.4. The van der Waals surface area contributed by atoms with Gasteiger partial charge in [0.15, 0.2) is 0 Å². The molecule has 6 nitrogen and oxygen atoms in total. The molecule has 3 N–H and O–H groups in total. The largest absolute Gasteiger partial charge is 0.508 e. The smallest absolute Gasteiger partial charge is 0.303 e. The molecule has 2 fully saturated rings. The summed E-state index contributed by atoms with van der Waals surface area (Å²) >= 11 is 0. The van der Waals surface area contributed by atoms with E-state index in [4.69, 9.17) is 10.2 Å². The second-order valence-corrected chi connectivity index (χ2v) is 8.86. The number of hydrogen-bond donors (Lipinski definition) is 3. The van der Waals surface area contributed by atoms with Crippen LogP contribution in [0.2, 0.25) is 0 Å². The van der Waals surface area contributed by atoms with Gasteiger partial charge < -0.3 is 15.3 Å². The van der Waals surface area contributed by atoms with Crippen LogP contribution in [0, 0.1) is 17.3 Å². The van der Waals surface area contributed by atoms with Crippen molar-refractivity contribution in [2.24, 2.45) is 17.3 Å². The maximum atomic E-state index is 12.3. The average Bonchev–Trinajstić information content (AvgIpc) is 2.96. The maximum absolute atomic E-state index is 12.3. The van der Waals surface area contributed by atoms with Gasteiger partial charge >= 0.3 is 11.9 Å². The lowest BCUT2D eigenvalue weighted by Crippen LogP contribution is -2.42. The Morgan fingerprint density at radius 3 is 2.41 bits per heavy atom. The van der Waals surface area contributed by atoms with E-state index in [9.17, 15) is 19.5 Å². The molecular weight excluding hydrogens is 372 g/mol. The molecule has 1 aromatic carbocycles. The van der Waals surface area contributed by atoms with E-state index >= 15 is 0 Å². The second kappa shape index (κ2) is 8.56. The normalized spacial score (nSPS) is 29.7. The number of rotatable bonds is 4. The summed E-state index contributed by atoms with van der Waals surface area (Å²) in [7, 11) is 0. The lowest BCUT2D eigenvalue weighted by atomic mass is 9.55. The van der Waals surface area contributed by atoms with Crippen LogP contribution in [-0.2, 0) is 20.8 Å². The number of ketones is 1. The summed E-state index contributed by atoms with van der Waals surface area (Å²) in [6.07, 6.45) is 6.43. The number of aromatic hydroxyl groups is 1. The first-order valence-electron chi connectivity index (χ1n) is 10.5. The Hall–Kier alpha value is -2.37. The van der Waals surface area contributed by atoms with Crippen LogP contribution in [-0.4, -0.2) is 33.0 Å². The van der Waals surface area contributed by atoms with Crippen molar-refractivity contribution in [1.82, 2.24) is 0 Å². The molecular formula is C23H30O6. The Labute approximate surface area is 170 Å². The molecule has 4 atom stereocenters. The van der Waals surface area contributed by atoms with E-state index in [1.54, 1.807) is 0 Å². The van der Waals surface area contributed by atoms with E-state index in [0.29, 0.717) is 29.3 Å². The number of fused-ring (bicyclic) bond motifs is 5. The van der Waals surface area contributed by atoms with E-state index in [1.165, 1.54) is 17.5 Å². The van der Waals surface area contributed by atoms with Crippen molar-refractivity contribution >= 4 is 17.7 Å². The van der Waals surface area contributed by atoms with Gasteiger partial charge in [-0.05, 0) is 79.5 Å². The number of Topliss-reactive ketones (excluding diaryl/α,β-unsaturated/α-hetero) is 1. The fourth-order valence-corrected chi connectivity index (χ4v) is 5.73. The van der Waals surface area contributed by atoms with E-state index in [1.807, 2.05) is 12.1 Å². The van der Waals surface area contributed by atoms with Crippen molar-refractivity contribution in [2.45, 2.75) is 70.6 Å². The predicted molar refractivity (Wildman–Crippen MR) is 107 cm³/mol. The zero-order valence-corrected chi connectivity index (χ0v) is 16.9. The second-order valence-electron chi connectivity index (χ2n) is 8.86. The Kier molecular flexibility index (Phi) is 6.30. The first kappa shape index (κ1) is 21.3. The van der Waals surface area contributed by atoms with Crippen LogP contribution in [0.5, 0.6) is 5.75 Å². The topological polar surface area (TPSA) is 112 Å². The van der Waals surface area contributed by atoms with Crippen LogP contribution in [0.1, 0.15) is 75.3 Å². The third-order valence-corrected chi connectivity index (χ3v) is 7.20. The van der Waals surface area contributed by atoms with Gasteiger partial charge in [-0.2, -0.15) is 0 Å². The molecule has 3 aliphatic carbocycles. The first-order chi connectivity index (χ1) is 13.7. The highest BCUT2D eigenvalue weighted by Crippen LogP contribution is 2.59. The van der Waals surface area contributed by atoms with Gasteiger partial charge in [-0.3, -0.25) is 14.4 Å². The van der Waals surface area contributed by atoms with Crippen LogP contribution in [0.25, 0.3) is 0 Å². The first-order valence-corrected chi connectivity index (χ1v) is 10.5. The lowest BCUT2D eigenvalue weighted by molar-refractivity contribution is -0.138. The van der Waals surface area contributed by atoms with E-state index < -0.39 is 11.9 Å². The summed E-state index contributed by atoms with van der Waals surface area (Å²) in [5.41, 5.74) is 2.75. The Balaban J connectivity index is 0.000000229. The number of carboxylic acids is 2. The quantitative estimate of drug-likeness (QED) is 0.698. The zero-order chi connectivity index (χ0) is 21.2. The summed E-state index contributed by atoms with van der Waals surface area (Å²) in [4.78, 5) is 31.8. The summed E-state index contributed by atoms with van der Waals surface area (Å²) in [6, 6.07) is 5.90. The summed E-state index contributed by atoms with van der Waals surface area (Å²) in [6.45, 7) is 2.22. The minimum Gasteiger partial charge on any atom is -0.508 e. The van der Waals surface area contributed by atoms with Crippen LogP contribution < -0.4 is 0 Å². The third kappa shape index (κ3) is 4.46. The van der Waals surface area contributed by atoms with E-state index in [0.717, 1.165) is 32.1 Å². The summed E-state index contributed by atoms with van der Waals surface area (Å²) in [5, 5.41) is 25.7. The monoisotopic (exact) mass is 402 g/mol. The average molecular weight is 402 g/mol. The molecule has 2 saturated carbocycles. The van der Waals surface area contributed by atoms with Gasteiger partial charge in [-0.15, -0.1) is 0 Å². The van der Waals surface area contributed by atoms with Gasteiger partial charge in [0.05, 0.1) is 0 Å². The van der Waals surface area contributed by atoms with Crippen molar-refractivity contribution in [2.75, 3.05) is 0 Å². The molecule has 0 heterocycles. The molecule has 29 heavy (non-hydrogen) atoms. The molecule has 158 valence electrons.